The van der Waals surface area contributed by atoms with Crippen LogP contribution in [0.1, 0.15) is 69.7 Å². The van der Waals surface area contributed by atoms with Crippen LogP contribution in [0.25, 0.3) is 0 Å². The number of hydrazine groups is 1. The number of fused-ring (bicyclic) bond motifs is 1. The minimum Gasteiger partial charge on any atom is -0.450 e. The SMILES string of the molecule is CCOC(=O)N1c2cc(C(=O)NC(C)(C)c3ccccc3)oc2C(NC(=O)c2ccccc2NC(=O)c2cccn2C)N1F. The summed E-state index contributed by atoms with van der Waals surface area (Å²) in [5.74, 6) is -2.29. The Morgan fingerprint density at radius 3 is 2.34 bits per heavy atom. The number of para-hydroxylation sites is 1. The van der Waals surface area contributed by atoms with Crippen molar-refractivity contribution < 1.29 is 32.8 Å². The van der Waals surface area contributed by atoms with Gasteiger partial charge in [0.15, 0.2) is 17.7 Å². The molecular formula is C31H31FN6O6. The third kappa shape index (κ3) is 5.77. The average molecular weight is 603 g/mol. The van der Waals surface area contributed by atoms with Gasteiger partial charge in [0.1, 0.15) is 11.4 Å². The molecule has 1 aliphatic rings. The van der Waals surface area contributed by atoms with Gasteiger partial charge in [-0.1, -0.05) is 42.5 Å². The molecule has 44 heavy (non-hydrogen) atoms. The monoisotopic (exact) mass is 602 g/mol. The predicted octanol–water partition coefficient (Wildman–Crippen LogP) is 5.04. The number of benzene rings is 2. The van der Waals surface area contributed by atoms with Crippen LogP contribution in [0.15, 0.2) is 83.4 Å². The van der Waals surface area contributed by atoms with E-state index in [1.54, 1.807) is 49.0 Å². The number of carbonyl (C=O) groups is 4. The van der Waals surface area contributed by atoms with Crippen molar-refractivity contribution in [3.05, 3.63) is 107 Å². The van der Waals surface area contributed by atoms with E-state index in [0.717, 1.165) is 5.56 Å². The summed E-state index contributed by atoms with van der Waals surface area (Å²) in [6, 6.07) is 20.0. The number of hydrogen-bond donors (Lipinski definition) is 3. The second-order valence-electron chi connectivity index (χ2n) is 10.5. The highest BCUT2D eigenvalue weighted by Crippen LogP contribution is 2.42. The fourth-order valence-corrected chi connectivity index (χ4v) is 4.81. The molecule has 0 spiro atoms. The Morgan fingerprint density at radius 2 is 1.66 bits per heavy atom. The van der Waals surface area contributed by atoms with Gasteiger partial charge in [-0.25, -0.2) is 4.79 Å². The number of ether oxygens (including phenoxy) is 1. The first-order valence-corrected chi connectivity index (χ1v) is 13.8. The van der Waals surface area contributed by atoms with Crippen molar-refractivity contribution in [1.82, 2.24) is 20.4 Å². The van der Waals surface area contributed by atoms with Crippen LogP contribution in [0.2, 0.25) is 0 Å². The first-order valence-electron chi connectivity index (χ1n) is 13.8. The summed E-state index contributed by atoms with van der Waals surface area (Å²) in [6.07, 6.45) is -1.03. The molecule has 2 aromatic heterocycles. The molecule has 5 rings (SSSR count). The molecule has 13 heteroatoms. The van der Waals surface area contributed by atoms with Gasteiger partial charge in [0.05, 0.1) is 23.4 Å². The van der Waals surface area contributed by atoms with E-state index in [2.05, 4.69) is 16.0 Å². The highest BCUT2D eigenvalue weighted by atomic mass is 19.2. The fraction of sp³-hybridized carbons (Fsp3) is 0.226. The standard InChI is InChI=1S/C31H31FN6O6/c1-5-43-30(42)37-23-18-24(29(41)35-31(2,3)19-12-7-6-8-13-19)44-25(23)26(38(37)32)34-27(39)20-14-9-10-15-21(20)33-28(40)22-16-11-17-36(22)4/h6-18,26H,5H2,1-4H3,(H,33,40)(H,34,39)(H,35,41). The van der Waals surface area contributed by atoms with Crippen molar-refractivity contribution in [2.45, 2.75) is 32.5 Å². The zero-order chi connectivity index (χ0) is 31.6. The van der Waals surface area contributed by atoms with Crippen LogP contribution in [-0.2, 0) is 17.3 Å². The van der Waals surface area contributed by atoms with E-state index in [1.807, 2.05) is 44.2 Å². The molecule has 1 unspecified atom stereocenters. The third-order valence-corrected chi connectivity index (χ3v) is 7.07. The Balaban J connectivity index is 1.42. The van der Waals surface area contributed by atoms with E-state index < -0.39 is 35.5 Å². The van der Waals surface area contributed by atoms with Crippen LogP contribution in [0, 0.1) is 0 Å². The van der Waals surface area contributed by atoms with Crippen molar-refractivity contribution in [3.63, 3.8) is 0 Å². The summed E-state index contributed by atoms with van der Waals surface area (Å²) in [4.78, 5) is 52.3. The number of amides is 4. The number of aryl methyl sites for hydroxylation is 1. The average Bonchev–Trinajstić information content (AvgIpc) is 3.69. The maximum atomic E-state index is 15.7. The number of nitrogens with one attached hydrogen (secondary N) is 3. The molecule has 12 nitrogen and oxygen atoms in total. The number of aromatic nitrogens is 1. The zero-order valence-corrected chi connectivity index (χ0v) is 24.5. The van der Waals surface area contributed by atoms with Gasteiger partial charge in [-0.3, -0.25) is 14.4 Å². The topological polar surface area (TPSA) is 138 Å². The Bertz CT molecular complexity index is 1720. The molecule has 0 saturated heterocycles. The lowest BCUT2D eigenvalue weighted by molar-refractivity contribution is -0.0383. The van der Waals surface area contributed by atoms with Crippen molar-refractivity contribution >= 4 is 35.2 Å². The van der Waals surface area contributed by atoms with E-state index >= 15 is 4.48 Å². The van der Waals surface area contributed by atoms with Crippen LogP contribution in [-0.4, -0.2) is 40.2 Å². The van der Waals surface area contributed by atoms with Gasteiger partial charge in [-0.2, -0.15) is 5.01 Å². The number of carbonyl (C=O) groups excluding carboxylic acids is 4. The lowest BCUT2D eigenvalue weighted by Gasteiger charge is -2.26. The number of nitrogens with zero attached hydrogens (tertiary/aromatic N) is 3. The first-order chi connectivity index (χ1) is 21.0. The Morgan fingerprint density at radius 1 is 0.955 bits per heavy atom. The van der Waals surface area contributed by atoms with Crippen molar-refractivity contribution in [1.29, 1.82) is 0 Å². The lowest BCUT2D eigenvalue weighted by Crippen LogP contribution is -2.45. The van der Waals surface area contributed by atoms with E-state index in [0.29, 0.717) is 10.7 Å². The summed E-state index contributed by atoms with van der Waals surface area (Å²) < 4.78 is 28.1. The third-order valence-electron chi connectivity index (χ3n) is 7.07. The number of rotatable bonds is 8. The Hall–Kier alpha value is -5.43. The summed E-state index contributed by atoms with van der Waals surface area (Å²) >= 11 is 0. The first kappa shape index (κ1) is 30.0. The van der Waals surface area contributed by atoms with Gasteiger partial charge in [0.25, 0.3) is 17.7 Å². The zero-order valence-electron chi connectivity index (χ0n) is 24.5. The highest BCUT2D eigenvalue weighted by Gasteiger charge is 2.47. The molecular weight excluding hydrogens is 571 g/mol. The summed E-state index contributed by atoms with van der Waals surface area (Å²) in [5.41, 5.74) is 0.461. The number of halogens is 1. The van der Waals surface area contributed by atoms with Gasteiger partial charge in [-0.15, -0.1) is 4.48 Å². The molecule has 228 valence electrons. The molecule has 4 aromatic rings. The van der Waals surface area contributed by atoms with Crippen molar-refractivity contribution in [3.8, 4) is 0 Å². The normalized spacial score (nSPS) is 14.6. The minimum atomic E-state index is -1.65. The van der Waals surface area contributed by atoms with Crippen LogP contribution in [0.4, 0.5) is 20.7 Å². The van der Waals surface area contributed by atoms with E-state index in [-0.39, 0.29) is 40.3 Å². The fourth-order valence-electron chi connectivity index (χ4n) is 4.81. The van der Waals surface area contributed by atoms with Gasteiger partial charge < -0.3 is 29.7 Å². The summed E-state index contributed by atoms with van der Waals surface area (Å²) in [5, 5.41) is 8.56. The number of hydrogen-bond acceptors (Lipinski definition) is 7. The van der Waals surface area contributed by atoms with Gasteiger partial charge in [0, 0.05) is 19.3 Å². The van der Waals surface area contributed by atoms with Crippen LogP contribution in [0.5, 0.6) is 0 Å². The van der Waals surface area contributed by atoms with Crippen molar-refractivity contribution in [2.75, 3.05) is 16.9 Å². The van der Waals surface area contributed by atoms with E-state index in [9.17, 15) is 19.2 Å². The van der Waals surface area contributed by atoms with Crippen molar-refractivity contribution in [2.24, 2.45) is 7.05 Å². The number of furan rings is 1. The van der Waals surface area contributed by atoms with Crippen LogP contribution >= 0.6 is 0 Å². The van der Waals surface area contributed by atoms with Crippen LogP contribution in [0.3, 0.4) is 0 Å². The molecule has 1 atom stereocenters. The second kappa shape index (κ2) is 12.1. The lowest BCUT2D eigenvalue weighted by atomic mass is 9.94. The Labute approximate surface area is 252 Å². The maximum absolute atomic E-state index is 15.7. The summed E-state index contributed by atoms with van der Waals surface area (Å²) in [6.45, 7) is 5.11. The largest absolute Gasteiger partial charge is 0.450 e. The van der Waals surface area contributed by atoms with E-state index in [1.165, 1.54) is 18.2 Å². The maximum Gasteiger partial charge on any atom is 0.431 e. The molecule has 1 aliphatic heterocycles. The predicted molar refractivity (Wildman–Crippen MR) is 158 cm³/mol. The molecule has 4 amide bonds. The molecule has 0 fully saturated rings. The molecule has 0 saturated carbocycles. The molecule has 3 heterocycles. The molecule has 0 radical (unpaired) electrons. The highest BCUT2D eigenvalue weighted by molar-refractivity contribution is 6.08. The van der Waals surface area contributed by atoms with E-state index in [4.69, 9.17) is 9.15 Å². The smallest absolute Gasteiger partial charge is 0.431 e. The van der Waals surface area contributed by atoms with Gasteiger partial charge >= 0.3 is 6.09 Å². The minimum absolute atomic E-state index is 0.0220. The quantitative estimate of drug-likeness (QED) is 0.240. The molecule has 0 aliphatic carbocycles. The summed E-state index contributed by atoms with van der Waals surface area (Å²) in [7, 11) is 1.71. The van der Waals surface area contributed by atoms with Crippen LogP contribution < -0.4 is 21.0 Å². The second-order valence-corrected chi connectivity index (χ2v) is 10.5. The Kier molecular flexibility index (Phi) is 8.23. The molecule has 0 bridgehead atoms. The molecule has 3 N–H and O–H groups in total. The van der Waals surface area contributed by atoms with Gasteiger partial charge in [-0.05, 0) is 55.8 Å². The molecule has 2 aromatic carbocycles. The number of anilines is 2. The van der Waals surface area contributed by atoms with Gasteiger partial charge in [0.2, 0.25) is 0 Å².